The van der Waals surface area contributed by atoms with Gasteiger partial charge in [0.25, 0.3) is 0 Å². The summed E-state index contributed by atoms with van der Waals surface area (Å²) < 4.78 is 0. The van der Waals surface area contributed by atoms with Crippen molar-refractivity contribution in [1.29, 1.82) is 0 Å². The minimum Gasteiger partial charge on any atom is -0.327 e. The maximum absolute atomic E-state index is 6.15. The first-order chi connectivity index (χ1) is 8.37. The smallest absolute Gasteiger partial charge is 0.0424 e. The Kier molecular flexibility index (Phi) is 5.96. The van der Waals surface area contributed by atoms with Gasteiger partial charge in [0, 0.05) is 35.7 Å². The molecule has 1 unspecified atom stereocenters. The van der Waals surface area contributed by atoms with E-state index in [1.165, 1.54) is 5.56 Å². The van der Waals surface area contributed by atoms with Gasteiger partial charge in [0.1, 0.15) is 0 Å². The van der Waals surface area contributed by atoms with Crippen molar-refractivity contribution in [2.24, 2.45) is 11.1 Å². The summed E-state index contributed by atoms with van der Waals surface area (Å²) in [5, 5.41) is 1.40. The molecule has 0 saturated carbocycles. The van der Waals surface area contributed by atoms with E-state index in [-0.39, 0.29) is 23.9 Å². The van der Waals surface area contributed by atoms with Crippen LogP contribution in [0.1, 0.15) is 25.8 Å². The Labute approximate surface area is 131 Å². The van der Waals surface area contributed by atoms with Crippen molar-refractivity contribution < 1.29 is 0 Å². The lowest BCUT2D eigenvalue weighted by molar-refractivity contribution is 0.0899. The first kappa shape index (κ1) is 17.1. The van der Waals surface area contributed by atoms with Crippen LogP contribution in [0.15, 0.2) is 18.2 Å². The number of piperidine rings is 1. The second kappa shape index (κ2) is 6.64. The van der Waals surface area contributed by atoms with Crippen molar-refractivity contribution in [1.82, 2.24) is 4.90 Å². The molecule has 5 heteroatoms. The summed E-state index contributed by atoms with van der Waals surface area (Å²) in [6.45, 7) is 7.40. The molecule has 1 fully saturated rings. The molecule has 0 bridgehead atoms. The maximum atomic E-state index is 6.15. The normalized spacial score (nSPS) is 22.9. The Bertz CT molecular complexity index is 414. The molecule has 1 aromatic rings. The minimum absolute atomic E-state index is 0. The van der Waals surface area contributed by atoms with Gasteiger partial charge in [-0.2, -0.15) is 0 Å². The number of likely N-dealkylation sites (tertiary alicyclic amines) is 1. The van der Waals surface area contributed by atoms with Gasteiger partial charge in [0.2, 0.25) is 0 Å². The topological polar surface area (TPSA) is 29.3 Å². The summed E-state index contributed by atoms with van der Waals surface area (Å²) >= 11 is 12.0. The number of halogens is 3. The molecule has 1 atom stereocenters. The molecule has 0 spiro atoms. The molecular formula is C14H21Cl3N2. The van der Waals surface area contributed by atoms with Gasteiger partial charge in [-0.25, -0.2) is 0 Å². The van der Waals surface area contributed by atoms with Gasteiger partial charge in [-0.15, -0.1) is 12.4 Å². The van der Waals surface area contributed by atoms with Crippen LogP contribution in [-0.4, -0.2) is 24.0 Å². The molecule has 1 saturated heterocycles. The van der Waals surface area contributed by atoms with E-state index in [1.807, 2.05) is 12.1 Å². The Morgan fingerprint density at radius 1 is 1.26 bits per heavy atom. The SMILES string of the molecule is CC1(C)CN(Cc2cc(Cl)cc(Cl)c2)CCC1N.Cl. The Balaban J connectivity index is 0.00000180. The highest BCUT2D eigenvalue weighted by atomic mass is 35.5. The van der Waals surface area contributed by atoms with Crippen LogP contribution in [0.4, 0.5) is 0 Å². The number of hydrogen-bond donors (Lipinski definition) is 1. The van der Waals surface area contributed by atoms with E-state index in [9.17, 15) is 0 Å². The third kappa shape index (κ3) is 4.51. The average Bonchev–Trinajstić information content (AvgIpc) is 2.21. The van der Waals surface area contributed by atoms with Crippen LogP contribution in [0.3, 0.4) is 0 Å². The van der Waals surface area contributed by atoms with Crippen molar-refractivity contribution in [3.63, 3.8) is 0 Å². The quantitative estimate of drug-likeness (QED) is 0.892. The van der Waals surface area contributed by atoms with Crippen molar-refractivity contribution in [2.75, 3.05) is 13.1 Å². The monoisotopic (exact) mass is 322 g/mol. The van der Waals surface area contributed by atoms with Crippen LogP contribution in [0, 0.1) is 5.41 Å². The van der Waals surface area contributed by atoms with Gasteiger partial charge in [0.05, 0.1) is 0 Å². The summed E-state index contributed by atoms with van der Waals surface area (Å²) in [5.74, 6) is 0. The fourth-order valence-electron chi connectivity index (χ4n) is 2.58. The van der Waals surface area contributed by atoms with E-state index in [0.717, 1.165) is 26.1 Å². The summed E-state index contributed by atoms with van der Waals surface area (Å²) in [6.07, 6.45) is 1.04. The molecule has 0 aliphatic carbocycles. The zero-order valence-electron chi connectivity index (χ0n) is 11.3. The molecule has 0 aromatic heterocycles. The molecule has 2 N–H and O–H groups in total. The molecule has 2 rings (SSSR count). The van der Waals surface area contributed by atoms with Gasteiger partial charge >= 0.3 is 0 Å². The molecule has 0 radical (unpaired) electrons. The van der Waals surface area contributed by atoms with Crippen LogP contribution in [0.5, 0.6) is 0 Å². The molecule has 1 aliphatic rings. The van der Waals surface area contributed by atoms with E-state index < -0.39 is 0 Å². The lowest BCUT2D eigenvalue weighted by Crippen LogP contribution is -2.52. The van der Waals surface area contributed by atoms with E-state index >= 15 is 0 Å². The van der Waals surface area contributed by atoms with Gasteiger partial charge < -0.3 is 5.73 Å². The van der Waals surface area contributed by atoms with Crippen molar-refractivity contribution in [3.05, 3.63) is 33.8 Å². The lowest BCUT2D eigenvalue weighted by Gasteiger charge is -2.42. The predicted octanol–water partition coefficient (Wildman–Crippen LogP) is 3.97. The van der Waals surface area contributed by atoms with Crippen LogP contribution in [0.2, 0.25) is 10.0 Å². The predicted molar refractivity (Wildman–Crippen MR) is 85.4 cm³/mol. The molecule has 0 amide bonds. The average molecular weight is 324 g/mol. The van der Waals surface area contributed by atoms with Crippen LogP contribution >= 0.6 is 35.6 Å². The number of benzene rings is 1. The van der Waals surface area contributed by atoms with Gasteiger partial charge in [-0.05, 0) is 35.6 Å². The summed E-state index contributed by atoms with van der Waals surface area (Å²) in [5.41, 5.74) is 7.48. The van der Waals surface area contributed by atoms with E-state index in [1.54, 1.807) is 6.07 Å². The van der Waals surface area contributed by atoms with E-state index in [0.29, 0.717) is 10.0 Å². The van der Waals surface area contributed by atoms with Crippen LogP contribution in [0.25, 0.3) is 0 Å². The van der Waals surface area contributed by atoms with E-state index in [2.05, 4.69) is 18.7 Å². The first-order valence-corrected chi connectivity index (χ1v) is 7.05. The fraction of sp³-hybridized carbons (Fsp3) is 0.571. The summed E-state index contributed by atoms with van der Waals surface area (Å²) in [7, 11) is 0. The molecule has 1 aliphatic heterocycles. The van der Waals surface area contributed by atoms with Crippen molar-refractivity contribution >= 4 is 35.6 Å². The summed E-state index contributed by atoms with van der Waals surface area (Å²) in [4.78, 5) is 2.42. The minimum atomic E-state index is 0. The highest BCUT2D eigenvalue weighted by Gasteiger charge is 2.33. The fourth-order valence-corrected chi connectivity index (χ4v) is 3.15. The number of hydrogen-bond acceptors (Lipinski definition) is 2. The van der Waals surface area contributed by atoms with Crippen LogP contribution < -0.4 is 5.73 Å². The van der Waals surface area contributed by atoms with E-state index in [4.69, 9.17) is 28.9 Å². The largest absolute Gasteiger partial charge is 0.327 e. The highest BCUT2D eigenvalue weighted by Crippen LogP contribution is 2.29. The second-order valence-corrected chi connectivity index (χ2v) is 6.74. The molecule has 19 heavy (non-hydrogen) atoms. The van der Waals surface area contributed by atoms with Gasteiger partial charge in [0.15, 0.2) is 0 Å². The van der Waals surface area contributed by atoms with Gasteiger partial charge in [-0.3, -0.25) is 4.90 Å². The molecule has 1 aromatic carbocycles. The lowest BCUT2D eigenvalue weighted by atomic mass is 9.79. The zero-order valence-corrected chi connectivity index (χ0v) is 13.7. The van der Waals surface area contributed by atoms with Crippen LogP contribution in [-0.2, 0) is 6.54 Å². The third-order valence-corrected chi connectivity index (χ3v) is 4.16. The first-order valence-electron chi connectivity index (χ1n) is 6.30. The molecule has 108 valence electrons. The summed E-state index contributed by atoms with van der Waals surface area (Å²) in [6, 6.07) is 6.02. The van der Waals surface area contributed by atoms with Gasteiger partial charge in [-0.1, -0.05) is 37.0 Å². The maximum Gasteiger partial charge on any atom is 0.0424 e. The second-order valence-electron chi connectivity index (χ2n) is 5.87. The standard InChI is InChI=1S/C14H20Cl2N2.ClH/c1-14(2)9-18(4-3-13(14)17)8-10-5-11(15)7-12(16)6-10;/h5-7,13H,3-4,8-9,17H2,1-2H3;1H. The zero-order chi connectivity index (χ0) is 13.3. The number of rotatable bonds is 2. The Hall–Kier alpha value is 0.01000. The molecular weight excluding hydrogens is 303 g/mol. The third-order valence-electron chi connectivity index (χ3n) is 3.72. The Morgan fingerprint density at radius 3 is 2.37 bits per heavy atom. The molecule has 2 nitrogen and oxygen atoms in total. The van der Waals surface area contributed by atoms with Crippen molar-refractivity contribution in [2.45, 2.75) is 32.9 Å². The highest BCUT2D eigenvalue weighted by molar-refractivity contribution is 6.34. The van der Waals surface area contributed by atoms with Crippen molar-refractivity contribution in [3.8, 4) is 0 Å². The number of nitrogens with zero attached hydrogens (tertiary/aromatic N) is 1. The Morgan fingerprint density at radius 2 is 1.84 bits per heavy atom. The molecule has 1 heterocycles. The number of nitrogens with two attached hydrogens (primary N) is 1.